The van der Waals surface area contributed by atoms with Crippen molar-refractivity contribution in [3.8, 4) is 0 Å². The van der Waals surface area contributed by atoms with E-state index >= 15 is 0 Å². The van der Waals surface area contributed by atoms with E-state index in [9.17, 15) is 14.4 Å². The van der Waals surface area contributed by atoms with Gasteiger partial charge in [0.15, 0.2) is 0 Å². The van der Waals surface area contributed by atoms with Gasteiger partial charge >= 0.3 is 12.0 Å². The second-order valence-corrected chi connectivity index (χ2v) is 6.40. The maximum absolute atomic E-state index is 12.9. The van der Waals surface area contributed by atoms with Gasteiger partial charge in [-0.05, 0) is 30.9 Å². The first-order valence-electron chi connectivity index (χ1n) is 8.45. The van der Waals surface area contributed by atoms with E-state index in [-0.39, 0.29) is 11.8 Å². The molecule has 3 amide bonds. The van der Waals surface area contributed by atoms with Crippen LogP contribution in [0.3, 0.4) is 0 Å². The lowest BCUT2D eigenvalue weighted by Gasteiger charge is -2.29. The number of nitrogens with one attached hydrogen (secondary N) is 2. The topological polar surface area (TPSA) is 87.7 Å². The molecule has 1 aromatic rings. The Kier molecular flexibility index (Phi) is 6.38. The van der Waals surface area contributed by atoms with E-state index in [1.54, 1.807) is 12.1 Å². The highest BCUT2D eigenvalue weighted by atomic mass is 16.5. The average molecular weight is 347 g/mol. The minimum atomic E-state index is -0.714. The number of nitrogens with zero attached hydrogens (tertiary/aromatic N) is 1. The number of likely N-dealkylation sites (tertiary alicyclic amines) is 1. The third-order valence-corrected chi connectivity index (χ3v) is 4.26. The molecule has 0 saturated carbocycles. The molecule has 0 radical (unpaired) electrons. The van der Waals surface area contributed by atoms with E-state index < -0.39 is 24.1 Å². The largest absolute Gasteiger partial charge is 0.467 e. The van der Waals surface area contributed by atoms with Gasteiger partial charge in [-0.3, -0.25) is 4.79 Å². The van der Waals surface area contributed by atoms with Crippen LogP contribution in [0, 0.1) is 5.92 Å². The fraction of sp³-hybridized carbons (Fsp3) is 0.500. The van der Waals surface area contributed by atoms with Crippen LogP contribution in [0.4, 0.5) is 10.5 Å². The SMILES string of the molecule is COC(=O)[C@@H]1CCCN1C(=O)[C@@H](NC(=O)Nc1ccccc1)C(C)C. The van der Waals surface area contributed by atoms with E-state index in [0.29, 0.717) is 18.7 Å². The maximum Gasteiger partial charge on any atom is 0.328 e. The quantitative estimate of drug-likeness (QED) is 0.798. The zero-order valence-electron chi connectivity index (χ0n) is 14.8. The minimum Gasteiger partial charge on any atom is -0.467 e. The summed E-state index contributed by atoms with van der Waals surface area (Å²) in [5.41, 5.74) is 0.642. The summed E-state index contributed by atoms with van der Waals surface area (Å²) in [5.74, 6) is -0.791. The Labute approximate surface area is 147 Å². The molecule has 0 spiro atoms. The Morgan fingerprint density at radius 3 is 2.48 bits per heavy atom. The molecule has 0 bridgehead atoms. The number of anilines is 1. The molecule has 25 heavy (non-hydrogen) atoms. The molecule has 1 aliphatic heterocycles. The number of ether oxygens (including phenoxy) is 1. The molecule has 7 nitrogen and oxygen atoms in total. The van der Waals surface area contributed by atoms with E-state index in [4.69, 9.17) is 4.74 Å². The molecule has 1 aliphatic rings. The average Bonchev–Trinajstić information content (AvgIpc) is 3.08. The Bertz CT molecular complexity index is 618. The molecule has 0 aromatic heterocycles. The molecule has 136 valence electrons. The Morgan fingerprint density at radius 2 is 1.88 bits per heavy atom. The van der Waals surface area contributed by atoms with Gasteiger partial charge in [0.05, 0.1) is 7.11 Å². The van der Waals surface area contributed by atoms with Crippen LogP contribution in [0.2, 0.25) is 0 Å². The van der Waals surface area contributed by atoms with Gasteiger partial charge in [0.25, 0.3) is 0 Å². The van der Waals surface area contributed by atoms with Crippen LogP contribution in [0.25, 0.3) is 0 Å². The first-order chi connectivity index (χ1) is 11.9. The van der Waals surface area contributed by atoms with Gasteiger partial charge in [0.1, 0.15) is 12.1 Å². The summed E-state index contributed by atoms with van der Waals surface area (Å²) < 4.78 is 4.78. The summed E-state index contributed by atoms with van der Waals surface area (Å²) in [5, 5.41) is 5.43. The summed E-state index contributed by atoms with van der Waals surface area (Å²) >= 11 is 0. The van der Waals surface area contributed by atoms with Gasteiger partial charge in [-0.15, -0.1) is 0 Å². The van der Waals surface area contributed by atoms with Crippen LogP contribution >= 0.6 is 0 Å². The fourth-order valence-corrected chi connectivity index (χ4v) is 2.93. The van der Waals surface area contributed by atoms with Crippen molar-refractivity contribution < 1.29 is 19.1 Å². The Morgan fingerprint density at radius 1 is 1.20 bits per heavy atom. The lowest BCUT2D eigenvalue weighted by atomic mass is 10.0. The second-order valence-electron chi connectivity index (χ2n) is 6.40. The molecule has 2 atom stereocenters. The van der Waals surface area contributed by atoms with Crippen LogP contribution in [0.5, 0.6) is 0 Å². The molecule has 0 unspecified atom stereocenters. The van der Waals surface area contributed by atoms with E-state index in [0.717, 1.165) is 6.42 Å². The van der Waals surface area contributed by atoms with Gasteiger partial charge in [-0.2, -0.15) is 0 Å². The number of carbonyl (C=O) groups excluding carboxylic acids is 3. The van der Waals surface area contributed by atoms with Crippen molar-refractivity contribution in [3.05, 3.63) is 30.3 Å². The normalized spacial score (nSPS) is 17.9. The zero-order chi connectivity index (χ0) is 18.4. The first-order valence-corrected chi connectivity index (χ1v) is 8.45. The number of benzene rings is 1. The van der Waals surface area contributed by atoms with Crippen molar-refractivity contribution in [2.75, 3.05) is 19.0 Å². The summed E-state index contributed by atoms with van der Waals surface area (Å²) in [6.45, 7) is 4.20. The van der Waals surface area contributed by atoms with Crippen molar-refractivity contribution in [3.63, 3.8) is 0 Å². The predicted octanol–water partition coefficient (Wildman–Crippen LogP) is 2.00. The number of methoxy groups -OCH3 is 1. The van der Waals surface area contributed by atoms with Crippen molar-refractivity contribution in [2.24, 2.45) is 5.92 Å². The standard InChI is InChI=1S/C18H25N3O4/c1-12(2)15(20-18(24)19-13-8-5-4-6-9-13)16(22)21-11-7-10-14(21)17(23)25-3/h4-6,8-9,12,14-15H,7,10-11H2,1-3H3,(H2,19,20,24)/t14-,15-/m0/s1. The predicted molar refractivity (Wildman–Crippen MR) is 94.0 cm³/mol. The second kappa shape index (κ2) is 8.50. The molecule has 1 aromatic carbocycles. The molecule has 0 aliphatic carbocycles. The summed E-state index contributed by atoms with van der Waals surface area (Å²) in [7, 11) is 1.31. The van der Waals surface area contributed by atoms with E-state index in [2.05, 4.69) is 10.6 Å². The number of hydrogen-bond donors (Lipinski definition) is 2. The molecule has 7 heteroatoms. The van der Waals surface area contributed by atoms with Crippen molar-refractivity contribution >= 4 is 23.6 Å². The number of amides is 3. The third-order valence-electron chi connectivity index (χ3n) is 4.26. The molecule has 1 heterocycles. The molecule has 2 N–H and O–H groups in total. The van der Waals surface area contributed by atoms with Crippen LogP contribution in [0.15, 0.2) is 30.3 Å². The minimum absolute atomic E-state index is 0.118. The Balaban J connectivity index is 2.05. The lowest BCUT2D eigenvalue weighted by Crippen LogP contribution is -2.54. The highest BCUT2D eigenvalue weighted by molar-refractivity contribution is 5.95. The zero-order valence-corrected chi connectivity index (χ0v) is 14.8. The number of hydrogen-bond acceptors (Lipinski definition) is 4. The van der Waals surface area contributed by atoms with Crippen LogP contribution in [-0.4, -0.2) is 48.5 Å². The maximum atomic E-state index is 12.9. The van der Waals surface area contributed by atoms with Crippen LogP contribution < -0.4 is 10.6 Å². The molecule has 1 fully saturated rings. The lowest BCUT2D eigenvalue weighted by molar-refractivity contribution is -0.151. The van der Waals surface area contributed by atoms with Gasteiger partial charge in [0, 0.05) is 12.2 Å². The van der Waals surface area contributed by atoms with E-state index in [1.165, 1.54) is 12.0 Å². The van der Waals surface area contributed by atoms with Crippen molar-refractivity contribution in [2.45, 2.75) is 38.8 Å². The molecular weight excluding hydrogens is 322 g/mol. The van der Waals surface area contributed by atoms with Gasteiger partial charge in [-0.1, -0.05) is 32.0 Å². The summed E-state index contributed by atoms with van der Waals surface area (Å²) in [6.07, 6.45) is 1.33. The number of esters is 1. The summed E-state index contributed by atoms with van der Waals surface area (Å²) in [6, 6.07) is 7.26. The van der Waals surface area contributed by atoms with Gasteiger partial charge in [0.2, 0.25) is 5.91 Å². The molecule has 1 saturated heterocycles. The smallest absolute Gasteiger partial charge is 0.328 e. The number of para-hydroxylation sites is 1. The highest BCUT2D eigenvalue weighted by Crippen LogP contribution is 2.21. The Hall–Kier alpha value is -2.57. The van der Waals surface area contributed by atoms with Crippen LogP contribution in [-0.2, 0) is 14.3 Å². The van der Waals surface area contributed by atoms with Gasteiger partial charge in [-0.25, -0.2) is 9.59 Å². The first kappa shape index (κ1) is 18.8. The summed E-state index contributed by atoms with van der Waals surface area (Å²) in [4.78, 5) is 38.5. The number of urea groups is 1. The van der Waals surface area contributed by atoms with E-state index in [1.807, 2.05) is 32.0 Å². The number of carbonyl (C=O) groups is 3. The molecular formula is C18H25N3O4. The third kappa shape index (κ3) is 4.71. The van der Waals surface area contributed by atoms with Crippen molar-refractivity contribution in [1.29, 1.82) is 0 Å². The van der Waals surface area contributed by atoms with Crippen LogP contribution in [0.1, 0.15) is 26.7 Å². The highest BCUT2D eigenvalue weighted by Gasteiger charge is 2.39. The fourth-order valence-electron chi connectivity index (χ4n) is 2.93. The van der Waals surface area contributed by atoms with Gasteiger partial charge < -0.3 is 20.3 Å². The monoisotopic (exact) mass is 347 g/mol. The van der Waals surface area contributed by atoms with Crippen molar-refractivity contribution in [1.82, 2.24) is 10.2 Å². The molecule has 2 rings (SSSR count). The number of rotatable bonds is 5.